The predicted octanol–water partition coefficient (Wildman–Crippen LogP) is 2.05. The fourth-order valence-corrected chi connectivity index (χ4v) is 0.367. The second-order valence-corrected chi connectivity index (χ2v) is 1.51. The van der Waals surface area contributed by atoms with Gasteiger partial charge < -0.3 is 0 Å². The highest BCUT2D eigenvalue weighted by molar-refractivity contribution is 6.18. The lowest BCUT2D eigenvalue weighted by Crippen LogP contribution is -1.71. The molecule has 0 aliphatic rings. The van der Waals surface area contributed by atoms with Crippen molar-refractivity contribution in [3.05, 3.63) is 0 Å². The lowest BCUT2D eigenvalue weighted by atomic mass is 10.4. The minimum Gasteiger partial charge on any atom is -0.282 e. The summed E-state index contributed by atoms with van der Waals surface area (Å²) in [7, 11) is 0. The van der Waals surface area contributed by atoms with Gasteiger partial charge in [-0.2, -0.15) is 0 Å². The van der Waals surface area contributed by atoms with E-state index in [0.29, 0.717) is 6.00 Å². The van der Waals surface area contributed by atoms with E-state index in [9.17, 15) is 0 Å². The normalized spacial score (nSPS) is 10.6. The summed E-state index contributed by atoms with van der Waals surface area (Å²) in [6, 6.07) is 0.403. The molecule has 0 aliphatic carbocycles. The van der Waals surface area contributed by atoms with E-state index in [1.807, 2.05) is 6.21 Å². The molecule has 2 heteroatoms. The van der Waals surface area contributed by atoms with Crippen LogP contribution in [0.1, 0.15) is 19.8 Å². The second kappa shape index (κ2) is 5.96. The summed E-state index contributed by atoms with van der Waals surface area (Å²) in [4.78, 5) is 3.80. The molecule has 0 aromatic heterocycles. The molecule has 0 bridgehead atoms. The molecule has 0 unspecified atom stereocenters. The number of rotatable bonds is 3. The van der Waals surface area contributed by atoms with Crippen molar-refractivity contribution in [2.45, 2.75) is 19.8 Å². The van der Waals surface area contributed by atoms with Crippen LogP contribution in [0.4, 0.5) is 0 Å². The largest absolute Gasteiger partial charge is 0.282 e. The maximum Gasteiger partial charge on any atom is 0.112 e. The Hall–Kier alpha value is -0.0400. The molecule has 0 rings (SSSR count). The van der Waals surface area contributed by atoms with E-state index in [1.165, 1.54) is 0 Å². The zero-order valence-electron chi connectivity index (χ0n) is 4.52. The standard InChI is InChI=1S/C5H10ClN/c1-2-3-4-7-5-6/h4H,2-3,5H2,1H3. The van der Waals surface area contributed by atoms with Crippen molar-refractivity contribution in [1.82, 2.24) is 0 Å². The first-order valence-electron chi connectivity index (χ1n) is 2.46. The van der Waals surface area contributed by atoms with Gasteiger partial charge in [0.25, 0.3) is 0 Å². The van der Waals surface area contributed by atoms with Crippen molar-refractivity contribution in [3.8, 4) is 0 Å². The Bertz CT molecular complexity index is 52.0. The number of alkyl halides is 1. The zero-order valence-corrected chi connectivity index (χ0v) is 5.28. The molecule has 0 N–H and O–H groups in total. The highest BCUT2D eigenvalue weighted by atomic mass is 35.5. The van der Waals surface area contributed by atoms with Gasteiger partial charge in [-0.15, -0.1) is 11.6 Å². The number of aliphatic imine (C=N–C) groups is 1. The molecule has 0 amide bonds. The van der Waals surface area contributed by atoms with Gasteiger partial charge in [-0.3, -0.25) is 4.99 Å². The van der Waals surface area contributed by atoms with Crippen LogP contribution in [0.3, 0.4) is 0 Å². The molecule has 0 aromatic rings. The highest BCUT2D eigenvalue weighted by Crippen LogP contribution is 1.81. The summed E-state index contributed by atoms with van der Waals surface area (Å²) in [5, 5.41) is 0. The average Bonchev–Trinajstić information content (AvgIpc) is 1.69. The molecule has 42 valence electrons. The number of hydrogen-bond donors (Lipinski definition) is 0. The Morgan fingerprint density at radius 3 is 2.86 bits per heavy atom. The van der Waals surface area contributed by atoms with Crippen LogP contribution in [-0.4, -0.2) is 12.2 Å². The maximum atomic E-state index is 5.24. The maximum absolute atomic E-state index is 5.24. The second-order valence-electron chi connectivity index (χ2n) is 1.27. The molecule has 0 fully saturated rings. The first-order chi connectivity index (χ1) is 3.41. The summed E-state index contributed by atoms with van der Waals surface area (Å²) in [5.74, 6) is 0. The van der Waals surface area contributed by atoms with E-state index < -0.39 is 0 Å². The highest BCUT2D eigenvalue weighted by Gasteiger charge is 1.69. The van der Waals surface area contributed by atoms with Crippen LogP contribution in [0.25, 0.3) is 0 Å². The van der Waals surface area contributed by atoms with Crippen molar-refractivity contribution in [2.75, 3.05) is 6.00 Å². The average molecular weight is 120 g/mol. The van der Waals surface area contributed by atoms with E-state index in [2.05, 4.69) is 11.9 Å². The Kier molecular flexibility index (Phi) is 5.93. The number of unbranched alkanes of at least 4 members (excludes halogenated alkanes) is 1. The van der Waals surface area contributed by atoms with Crippen LogP contribution >= 0.6 is 11.6 Å². The van der Waals surface area contributed by atoms with Gasteiger partial charge in [0.2, 0.25) is 0 Å². The van der Waals surface area contributed by atoms with Crippen LogP contribution in [0.2, 0.25) is 0 Å². The summed E-state index contributed by atoms with van der Waals surface area (Å²) < 4.78 is 0. The Morgan fingerprint density at radius 1 is 1.71 bits per heavy atom. The predicted molar refractivity (Wildman–Crippen MR) is 34.1 cm³/mol. The van der Waals surface area contributed by atoms with Gasteiger partial charge in [-0.25, -0.2) is 0 Å². The van der Waals surface area contributed by atoms with E-state index >= 15 is 0 Å². The molecule has 7 heavy (non-hydrogen) atoms. The zero-order chi connectivity index (χ0) is 5.54. The van der Waals surface area contributed by atoms with Crippen molar-refractivity contribution in [1.29, 1.82) is 0 Å². The lowest BCUT2D eigenvalue weighted by molar-refractivity contribution is 1.00. The molecule has 0 atom stereocenters. The summed E-state index contributed by atoms with van der Waals surface area (Å²) in [5.41, 5.74) is 0. The molecule has 0 spiro atoms. The molecular weight excluding hydrogens is 110 g/mol. The summed E-state index contributed by atoms with van der Waals surface area (Å²) in [6.45, 7) is 2.11. The third-order valence-electron chi connectivity index (χ3n) is 0.616. The molecular formula is C5H10ClN. The third-order valence-corrected chi connectivity index (χ3v) is 0.754. The van der Waals surface area contributed by atoms with Gasteiger partial charge in [0.05, 0.1) is 0 Å². The van der Waals surface area contributed by atoms with Gasteiger partial charge in [-0.1, -0.05) is 13.3 Å². The Morgan fingerprint density at radius 2 is 2.43 bits per heavy atom. The first kappa shape index (κ1) is 6.96. The van der Waals surface area contributed by atoms with Crippen LogP contribution < -0.4 is 0 Å². The topological polar surface area (TPSA) is 12.4 Å². The van der Waals surface area contributed by atoms with E-state index in [1.54, 1.807) is 0 Å². The van der Waals surface area contributed by atoms with Crippen LogP contribution in [-0.2, 0) is 0 Å². The van der Waals surface area contributed by atoms with Crippen LogP contribution in [0, 0.1) is 0 Å². The van der Waals surface area contributed by atoms with Crippen LogP contribution in [0.5, 0.6) is 0 Å². The number of nitrogens with zero attached hydrogens (tertiary/aromatic N) is 1. The van der Waals surface area contributed by atoms with Crippen molar-refractivity contribution < 1.29 is 0 Å². The summed E-state index contributed by atoms with van der Waals surface area (Å²) >= 11 is 5.24. The fourth-order valence-electron chi connectivity index (χ4n) is 0.269. The van der Waals surface area contributed by atoms with Crippen molar-refractivity contribution in [3.63, 3.8) is 0 Å². The molecule has 0 aliphatic heterocycles. The number of hydrogen-bond acceptors (Lipinski definition) is 1. The molecule has 0 saturated carbocycles. The fraction of sp³-hybridized carbons (Fsp3) is 0.800. The first-order valence-corrected chi connectivity index (χ1v) is 2.99. The Balaban J connectivity index is 2.78. The van der Waals surface area contributed by atoms with Gasteiger partial charge in [0.15, 0.2) is 0 Å². The summed E-state index contributed by atoms with van der Waals surface area (Å²) in [6.07, 6.45) is 4.06. The van der Waals surface area contributed by atoms with Gasteiger partial charge in [0, 0.05) is 6.21 Å². The molecule has 0 heterocycles. The van der Waals surface area contributed by atoms with E-state index in [-0.39, 0.29) is 0 Å². The molecule has 0 radical (unpaired) electrons. The van der Waals surface area contributed by atoms with Gasteiger partial charge in [-0.05, 0) is 6.42 Å². The Labute approximate surface area is 49.4 Å². The minimum absolute atomic E-state index is 0.403. The van der Waals surface area contributed by atoms with E-state index in [4.69, 9.17) is 11.6 Å². The smallest absolute Gasteiger partial charge is 0.112 e. The van der Waals surface area contributed by atoms with Crippen molar-refractivity contribution >= 4 is 17.8 Å². The SMILES string of the molecule is CCCC=NCCl. The van der Waals surface area contributed by atoms with E-state index in [0.717, 1.165) is 12.8 Å². The monoisotopic (exact) mass is 119 g/mol. The molecule has 0 saturated heterocycles. The third kappa shape index (κ3) is 5.96. The van der Waals surface area contributed by atoms with Gasteiger partial charge in [0.1, 0.15) is 6.00 Å². The quantitative estimate of drug-likeness (QED) is 0.306. The number of halogens is 1. The van der Waals surface area contributed by atoms with Crippen molar-refractivity contribution in [2.24, 2.45) is 4.99 Å². The van der Waals surface area contributed by atoms with Crippen LogP contribution in [0.15, 0.2) is 4.99 Å². The lowest BCUT2D eigenvalue weighted by Gasteiger charge is -1.79. The minimum atomic E-state index is 0.403. The van der Waals surface area contributed by atoms with Gasteiger partial charge >= 0.3 is 0 Å². The molecule has 0 aromatic carbocycles. The molecule has 1 nitrogen and oxygen atoms in total.